The molecule has 10 N–H and O–H groups in total. The molecule has 1 aromatic heterocycles. The van der Waals surface area contributed by atoms with Gasteiger partial charge in [-0.2, -0.15) is 0 Å². The number of alkyl carbamates (subject to hydrolysis) is 1. The number of methoxy groups -OCH3 is 2. The molecule has 27 nitrogen and oxygen atoms in total. The van der Waals surface area contributed by atoms with Crippen molar-refractivity contribution in [3.63, 3.8) is 0 Å². The van der Waals surface area contributed by atoms with E-state index in [0.717, 1.165) is 11.1 Å². The van der Waals surface area contributed by atoms with Crippen molar-refractivity contribution in [3.05, 3.63) is 136 Å². The summed E-state index contributed by atoms with van der Waals surface area (Å²) in [4.78, 5) is 162. The number of hydrogen-bond donors (Lipinski definition) is 9. The largest absolute Gasteiger partial charge is 0.497 e. The van der Waals surface area contributed by atoms with Gasteiger partial charge in [0.25, 0.3) is 0 Å². The van der Waals surface area contributed by atoms with Crippen LogP contribution >= 0.6 is 0 Å². The summed E-state index contributed by atoms with van der Waals surface area (Å²) in [5.41, 5.74) is 7.60. The molecular formula is C75H98FN11O16. The van der Waals surface area contributed by atoms with Crippen LogP contribution in [0.2, 0.25) is 0 Å². The minimum absolute atomic E-state index is 0.00465. The molecule has 28 heteroatoms. The number of nitrogens with two attached hydrogens (primary N) is 1. The molecule has 2 fully saturated rings. The fourth-order valence-electron chi connectivity index (χ4n) is 13.0. The summed E-state index contributed by atoms with van der Waals surface area (Å²) < 4.78 is 43.2. The van der Waals surface area contributed by atoms with Crippen LogP contribution in [-0.2, 0) is 106 Å². The number of fused-ring (bicyclic) bond motifs is 5. The lowest BCUT2D eigenvalue weighted by molar-refractivity contribution is -0.150. The standard InChI is InChI=1S/C75H98FN11O16/c1-44(102-73(2,3)4)64(67(93)84-58(34-46-19-22-53(99-9)23-20-46)70(96)87-31-12-29-75(87,8)71(97)78-30-27-45-15-17-47(18-16-45)39-80-61(89)25-26-63(91)100-10)85-68(94)65-60-28-32-86(65)69(95)50(36-51-41-79-56-24-21-52(76)38-54(51)56)37-59(88)57(83-66(92)55(77)42-82-72(98)103-74(5,6)7)35-48-13-11-14-49(33-48)40-81-62(90)43-101-60/h11,13-24,33,38,41,44,50,55,57-58,60,64-65,79H,12,25-32,34-37,39-40,42-43,77H2,1-10H3,(H,78,97)(H,80,89)(H,81,90)(H,82,98)(H,83,92)(H,84,93)(H,85,94)/t44-,50-,55-,57+,58+,60+,64+,65+,75+/m1/s1. The number of benzene rings is 4. The number of carbonyl (C=O) groups excluding carboxylic acids is 11. The number of hydrogen-bond acceptors (Lipinski definition) is 17. The van der Waals surface area contributed by atoms with Gasteiger partial charge in [-0.25, -0.2) is 9.18 Å². The van der Waals surface area contributed by atoms with E-state index < -0.39 is 143 Å². The molecule has 9 atom stereocenters. The molecule has 4 aromatic carbocycles. The summed E-state index contributed by atoms with van der Waals surface area (Å²) in [7, 11) is 2.76. The summed E-state index contributed by atoms with van der Waals surface area (Å²) in [6.45, 7) is 12.9. The molecule has 556 valence electrons. The number of amides is 9. The maximum absolute atomic E-state index is 15.9. The van der Waals surface area contributed by atoms with Crippen LogP contribution in [0.1, 0.15) is 127 Å². The van der Waals surface area contributed by atoms with Crippen LogP contribution in [0.3, 0.4) is 0 Å². The lowest BCUT2D eigenvalue weighted by Crippen LogP contribution is -2.64. The van der Waals surface area contributed by atoms with E-state index in [2.05, 4.69) is 46.9 Å². The summed E-state index contributed by atoms with van der Waals surface area (Å²) in [6.07, 6.45) is -1.48. The predicted molar refractivity (Wildman–Crippen MR) is 378 cm³/mol. The van der Waals surface area contributed by atoms with E-state index in [0.29, 0.717) is 51.7 Å². The zero-order valence-electron chi connectivity index (χ0n) is 60.3. The van der Waals surface area contributed by atoms with E-state index in [1.807, 2.05) is 24.3 Å². The molecule has 3 aliphatic rings. The number of likely N-dealkylation sites (tertiary alicyclic amines) is 1. The fourth-order valence-corrected chi connectivity index (χ4v) is 13.0. The van der Waals surface area contributed by atoms with Crippen molar-refractivity contribution in [2.45, 2.75) is 192 Å². The Kier molecular flexibility index (Phi) is 27.1. The average Bonchev–Trinajstić information content (AvgIpc) is 1.69. The van der Waals surface area contributed by atoms with Crippen molar-refractivity contribution in [1.29, 1.82) is 0 Å². The van der Waals surface area contributed by atoms with E-state index in [1.54, 1.807) is 110 Å². The number of carbonyl (C=O) groups is 11. The van der Waals surface area contributed by atoms with Gasteiger partial charge in [0, 0.05) is 81.5 Å². The third kappa shape index (κ3) is 22.4. The summed E-state index contributed by atoms with van der Waals surface area (Å²) in [5, 5.41) is 20.1. The minimum atomic E-state index is -1.62. The molecule has 2 saturated heterocycles. The third-order valence-electron chi connectivity index (χ3n) is 18.3. The zero-order chi connectivity index (χ0) is 74.9. The molecule has 0 aliphatic carbocycles. The van der Waals surface area contributed by atoms with E-state index in [1.165, 1.54) is 42.2 Å². The number of Topliss-reactive ketones (excluding diaryl/α,β-unsaturated/α-hetero) is 1. The molecule has 0 spiro atoms. The smallest absolute Gasteiger partial charge is 0.407 e. The Hall–Kier alpha value is -9.80. The van der Waals surface area contributed by atoms with Crippen LogP contribution < -0.4 is 47.7 Å². The number of halogens is 1. The van der Waals surface area contributed by atoms with Gasteiger partial charge in [-0.1, -0.05) is 60.7 Å². The highest BCUT2D eigenvalue weighted by molar-refractivity contribution is 5.99. The highest BCUT2D eigenvalue weighted by Gasteiger charge is 2.50. The van der Waals surface area contributed by atoms with Gasteiger partial charge >= 0.3 is 12.1 Å². The number of esters is 1. The summed E-state index contributed by atoms with van der Waals surface area (Å²) >= 11 is 0. The van der Waals surface area contributed by atoms with Crippen molar-refractivity contribution in [3.8, 4) is 5.75 Å². The number of ether oxygens (including phenoxy) is 5. The van der Waals surface area contributed by atoms with Gasteiger partial charge in [-0.3, -0.25) is 47.9 Å². The van der Waals surface area contributed by atoms with Gasteiger partial charge < -0.3 is 81.4 Å². The van der Waals surface area contributed by atoms with E-state index in [9.17, 15) is 28.8 Å². The predicted octanol–water partition coefficient (Wildman–Crippen LogP) is 4.35. The Morgan fingerprint density at radius 1 is 0.806 bits per heavy atom. The van der Waals surface area contributed by atoms with E-state index >= 15 is 28.4 Å². The van der Waals surface area contributed by atoms with Crippen molar-refractivity contribution in [2.75, 3.05) is 47.0 Å². The highest BCUT2D eigenvalue weighted by atomic mass is 19.1. The molecule has 0 saturated carbocycles. The van der Waals surface area contributed by atoms with Crippen LogP contribution in [0, 0.1) is 11.7 Å². The maximum Gasteiger partial charge on any atom is 0.407 e. The van der Waals surface area contributed by atoms with Crippen LogP contribution in [-0.4, -0.2) is 186 Å². The molecule has 9 amide bonds. The normalized spacial score (nSPS) is 20.1. The summed E-state index contributed by atoms with van der Waals surface area (Å²) in [6, 6.07) is 18.0. The molecular weight excluding hydrogens is 1330 g/mol. The zero-order valence-corrected chi connectivity index (χ0v) is 60.3. The first kappa shape index (κ1) is 78.9. The van der Waals surface area contributed by atoms with Crippen molar-refractivity contribution < 1.29 is 80.8 Å². The fraction of sp³-hybridized carbons (Fsp3) is 0.507. The average molecular weight is 1430 g/mol. The Morgan fingerprint density at radius 3 is 2.21 bits per heavy atom. The van der Waals surface area contributed by atoms with Gasteiger partial charge in [0.15, 0.2) is 5.78 Å². The molecule has 8 rings (SSSR count). The maximum atomic E-state index is 15.9. The van der Waals surface area contributed by atoms with Crippen LogP contribution in [0.15, 0.2) is 97.2 Å². The number of rotatable bonds is 25. The molecule has 5 aromatic rings. The van der Waals surface area contributed by atoms with Gasteiger partial charge in [0.1, 0.15) is 53.5 Å². The van der Waals surface area contributed by atoms with Crippen LogP contribution in [0.5, 0.6) is 5.75 Å². The Balaban J connectivity index is 1.08. The number of H-pyrrole nitrogens is 1. The third-order valence-corrected chi connectivity index (χ3v) is 18.3. The van der Waals surface area contributed by atoms with Gasteiger partial charge in [-0.05, 0) is 158 Å². The molecule has 0 unspecified atom stereocenters. The lowest BCUT2D eigenvalue weighted by atomic mass is 9.88. The van der Waals surface area contributed by atoms with E-state index in [-0.39, 0.29) is 90.1 Å². The second-order valence-corrected chi connectivity index (χ2v) is 28.6. The van der Waals surface area contributed by atoms with Crippen LogP contribution in [0.4, 0.5) is 9.18 Å². The molecule has 103 heavy (non-hydrogen) atoms. The molecule has 3 aliphatic heterocycles. The molecule has 4 bridgehead atoms. The number of aromatic nitrogens is 1. The van der Waals surface area contributed by atoms with E-state index in [4.69, 9.17) is 24.7 Å². The van der Waals surface area contributed by atoms with Crippen molar-refractivity contribution in [2.24, 2.45) is 11.7 Å². The van der Waals surface area contributed by atoms with Gasteiger partial charge in [-0.15, -0.1) is 0 Å². The quantitative estimate of drug-likeness (QED) is 0.0367. The summed E-state index contributed by atoms with van der Waals surface area (Å²) in [5.74, 6) is -7.75. The van der Waals surface area contributed by atoms with Crippen LogP contribution in [0.25, 0.3) is 10.9 Å². The number of nitrogens with one attached hydrogen (secondary N) is 8. The minimum Gasteiger partial charge on any atom is -0.497 e. The number of nitrogens with zero attached hydrogens (tertiary/aromatic N) is 2. The van der Waals surface area contributed by atoms with Crippen molar-refractivity contribution in [1.82, 2.24) is 52.0 Å². The Bertz CT molecular complexity index is 3870. The Labute approximate surface area is 599 Å². The Morgan fingerprint density at radius 2 is 1.51 bits per heavy atom. The SMILES string of the molecule is COC(=O)CCC(=O)NCc1ccc(CCNC(=O)[C@]2(C)CCCN2C(=O)[C@H](Cc2ccc(OC)cc2)NC(=O)[C@@H](NC(=O)[C@@H]2[C@@H]3CCN2C(=O)[C@H](Cc2c[nH]c4ccc(F)cc24)CC(=O)[C@@H](NC(=O)[C@H](N)CNC(=O)OC(C)(C)C)Cc2cccc(c2)CNC(=O)CO3)[C@@H](C)OC(C)(C)C)cc1. The van der Waals surface area contributed by atoms with Gasteiger partial charge in [0.2, 0.25) is 47.3 Å². The first-order valence-electron chi connectivity index (χ1n) is 34.8. The van der Waals surface area contributed by atoms with Gasteiger partial charge in [0.05, 0.1) is 44.5 Å². The molecule has 0 radical (unpaired) electrons. The first-order valence-corrected chi connectivity index (χ1v) is 34.8. The molecule has 4 heterocycles. The topological polar surface area (TPSA) is 366 Å². The second-order valence-electron chi connectivity index (χ2n) is 28.6. The van der Waals surface area contributed by atoms with Crippen molar-refractivity contribution >= 4 is 76.0 Å². The monoisotopic (exact) mass is 1430 g/mol. The number of ketones is 1. The lowest BCUT2D eigenvalue weighted by Gasteiger charge is -2.37. The number of aromatic amines is 1. The first-order chi connectivity index (χ1) is 48.8. The highest BCUT2D eigenvalue weighted by Crippen LogP contribution is 2.33. The second kappa shape index (κ2) is 35.4.